The van der Waals surface area contributed by atoms with Gasteiger partial charge in [-0.05, 0) is 51.6 Å². The molecule has 0 unspecified atom stereocenters. The quantitative estimate of drug-likeness (QED) is 0.801. The second kappa shape index (κ2) is 7.12. The molecule has 7 nitrogen and oxygen atoms in total. The van der Waals surface area contributed by atoms with Crippen molar-refractivity contribution in [3.8, 4) is 0 Å². The molecule has 0 bridgehead atoms. The maximum absolute atomic E-state index is 13.0. The lowest BCUT2D eigenvalue weighted by molar-refractivity contribution is -0.133. The van der Waals surface area contributed by atoms with Crippen LogP contribution in [0.1, 0.15) is 30.5 Å². The fourth-order valence-corrected chi connectivity index (χ4v) is 4.63. The van der Waals surface area contributed by atoms with Gasteiger partial charge in [-0.1, -0.05) is 0 Å². The maximum atomic E-state index is 13.0. The summed E-state index contributed by atoms with van der Waals surface area (Å²) in [5.41, 5.74) is 2.50. The summed E-state index contributed by atoms with van der Waals surface area (Å²) in [6.45, 7) is 10.5. The van der Waals surface area contributed by atoms with Gasteiger partial charge in [-0.2, -0.15) is 0 Å². The molecule has 142 valence electrons. The Morgan fingerprint density at radius 3 is 2.62 bits per heavy atom. The summed E-state index contributed by atoms with van der Waals surface area (Å²) in [6, 6.07) is 0.00248. The second-order valence-electron chi connectivity index (χ2n) is 8.11. The molecule has 4 heterocycles. The van der Waals surface area contributed by atoms with Crippen LogP contribution in [0.15, 0.2) is 6.33 Å². The molecular weight excluding hydrogens is 328 g/mol. The Morgan fingerprint density at radius 2 is 1.88 bits per heavy atom. The van der Waals surface area contributed by atoms with Crippen molar-refractivity contribution in [2.45, 2.75) is 39.2 Å². The van der Waals surface area contributed by atoms with Gasteiger partial charge in [0.25, 0.3) is 0 Å². The van der Waals surface area contributed by atoms with E-state index in [9.17, 15) is 4.79 Å². The molecule has 1 spiro atoms. The highest BCUT2D eigenvalue weighted by Gasteiger charge is 2.43. The van der Waals surface area contributed by atoms with Crippen LogP contribution in [0.2, 0.25) is 0 Å². The van der Waals surface area contributed by atoms with E-state index < -0.39 is 0 Å². The number of piperidine rings is 1. The van der Waals surface area contributed by atoms with E-state index in [0.29, 0.717) is 5.41 Å². The normalized spacial score (nSPS) is 25.7. The molecule has 1 amide bonds. The van der Waals surface area contributed by atoms with Crippen LogP contribution in [0.5, 0.6) is 0 Å². The van der Waals surface area contributed by atoms with Gasteiger partial charge in [0, 0.05) is 44.0 Å². The number of amides is 1. The number of piperazine rings is 1. The molecule has 0 aromatic carbocycles. The summed E-state index contributed by atoms with van der Waals surface area (Å²) < 4.78 is 0. The number of nitrogens with one attached hydrogen (secondary N) is 2. The van der Waals surface area contributed by atoms with Gasteiger partial charge >= 0.3 is 0 Å². The summed E-state index contributed by atoms with van der Waals surface area (Å²) in [4.78, 5) is 26.0. The number of carbonyl (C=O) groups excluding carboxylic acids is 1. The van der Waals surface area contributed by atoms with Gasteiger partial charge in [0.05, 0.1) is 6.04 Å². The second-order valence-corrected chi connectivity index (χ2v) is 8.11. The summed E-state index contributed by atoms with van der Waals surface area (Å²) in [5.74, 6) is 1.30. The molecule has 1 aromatic rings. The molecule has 0 aliphatic carbocycles. The highest BCUT2D eigenvalue weighted by molar-refractivity contribution is 5.82. The number of nitrogens with zero attached hydrogens (tertiary/aromatic N) is 4. The fourth-order valence-electron chi connectivity index (χ4n) is 4.63. The smallest absolute Gasteiger partial charge is 0.239 e. The minimum Gasteiger partial charge on any atom is -0.353 e. The third-order valence-corrected chi connectivity index (χ3v) is 6.52. The van der Waals surface area contributed by atoms with Gasteiger partial charge in [0.1, 0.15) is 12.1 Å². The Hall–Kier alpha value is -1.73. The van der Waals surface area contributed by atoms with Crippen molar-refractivity contribution in [3.05, 3.63) is 17.6 Å². The number of aryl methyl sites for hydroxylation is 1. The van der Waals surface area contributed by atoms with E-state index in [1.165, 1.54) is 12.8 Å². The molecule has 3 aliphatic rings. The molecule has 3 fully saturated rings. The van der Waals surface area contributed by atoms with Crippen LogP contribution in [-0.4, -0.2) is 72.6 Å². The lowest BCUT2D eigenvalue weighted by Crippen LogP contribution is -2.53. The van der Waals surface area contributed by atoms with E-state index in [1.807, 2.05) is 11.8 Å². The molecule has 0 saturated carbocycles. The topological polar surface area (TPSA) is 73.4 Å². The van der Waals surface area contributed by atoms with Crippen molar-refractivity contribution >= 4 is 11.7 Å². The Morgan fingerprint density at radius 1 is 1.15 bits per heavy atom. The molecule has 3 aliphatic heterocycles. The zero-order valence-corrected chi connectivity index (χ0v) is 15.9. The summed E-state index contributed by atoms with van der Waals surface area (Å²) in [6.07, 6.45) is 5.00. The highest BCUT2D eigenvalue weighted by atomic mass is 16.2. The molecule has 1 atom stereocenters. The van der Waals surface area contributed by atoms with Crippen LogP contribution in [0.3, 0.4) is 0 Å². The number of hydrogen-bond acceptors (Lipinski definition) is 6. The predicted octanol–water partition coefficient (Wildman–Crippen LogP) is 0.474. The maximum Gasteiger partial charge on any atom is 0.239 e. The first-order chi connectivity index (χ1) is 12.6. The van der Waals surface area contributed by atoms with Crippen molar-refractivity contribution in [1.82, 2.24) is 25.5 Å². The number of rotatable bonds is 2. The van der Waals surface area contributed by atoms with Gasteiger partial charge in [-0.3, -0.25) is 4.79 Å². The Kier molecular flexibility index (Phi) is 4.84. The molecule has 1 aromatic heterocycles. The van der Waals surface area contributed by atoms with Crippen LogP contribution >= 0.6 is 0 Å². The molecule has 0 radical (unpaired) electrons. The molecule has 4 rings (SSSR count). The first-order valence-corrected chi connectivity index (χ1v) is 9.84. The standard InChI is InChI=1S/C19H30N6O/c1-14-15(2)22-13-23-17(14)24-7-9-25(10-8-24)18(26)16-11-19(12-21-16)3-5-20-6-4-19/h13,16,20-21H,3-12H2,1-2H3/t16-/m0/s1. The van der Waals surface area contributed by atoms with E-state index in [1.54, 1.807) is 6.33 Å². The van der Waals surface area contributed by atoms with E-state index in [-0.39, 0.29) is 11.9 Å². The Bertz CT molecular complexity index is 664. The minimum atomic E-state index is 0.00248. The van der Waals surface area contributed by atoms with Crippen LogP contribution in [-0.2, 0) is 4.79 Å². The van der Waals surface area contributed by atoms with E-state index in [0.717, 1.165) is 69.3 Å². The molecule has 3 saturated heterocycles. The minimum absolute atomic E-state index is 0.00248. The lowest BCUT2D eigenvalue weighted by atomic mass is 9.77. The number of carbonyl (C=O) groups is 1. The van der Waals surface area contributed by atoms with E-state index in [4.69, 9.17) is 0 Å². The third kappa shape index (κ3) is 3.30. The van der Waals surface area contributed by atoms with E-state index >= 15 is 0 Å². The summed E-state index contributed by atoms with van der Waals surface area (Å²) in [5, 5.41) is 6.95. The number of hydrogen-bond donors (Lipinski definition) is 2. The number of anilines is 1. The summed E-state index contributed by atoms with van der Waals surface area (Å²) in [7, 11) is 0. The van der Waals surface area contributed by atoms with Crippen LogP contribution < -0.4 is 15.5 Å². The van der Waals surface area contributed by atoms with E-state index in [2.05, 4.69) is 32.4 Å². The first kappa shape index (κ1) is 17.7. The fraction of sp³-hybridized carbons (Fsp3) is 0.737. The van der Waals surface area contributed by atoms with Crippen molar-refractivity contribution < 1.29 is 4.79 Å². The van der Waals surface area contributed by atoms with Crippen LogP contribution in [0, 0.1) is 19.3 Å². The molecule has 26 heavy (non-hydrogen) atoms. The van der Waals surface area contributed by atoms with Gasteiger partial charge in [0.15, 0.2) is 0 Å². The van der Waals surface area contributed by atoms with Gasteiger partial charge < -0.3 is 20.4 Å². The van der Waals surface area contributed by atoms with Gasteiger partial charge in [0.2, 0.25) is 5.91 Å². The molecule has 7 heteroatoms. The molecular formula is C19H30N6O. The van der Waals surface area contributed by atoms with Crippen molar-refractivity contribution in [1.29, 1.82) is 0 Å². The molecule has 2 N–H and O–H groups in total. The van der Waals surface area contributed by atoms with Gasteiger partial charge in [-0.25, -0.2) is 9.97 Å². The van der Waals surface area contributed by atoms with Crippen molar-refractivity contribution in [2.75, 3.05) is 50.7 Å². The number of aromatic nitrogens is 2. The van der Waals surface area contributed by atoms with Crippen molar-refractivity contribution in [3.63, 3.8) is 0 Å². The average molecular weight is 358 g/mol. The SMILES string of the molecule is Cc1ncnc(N2CCN(C(=O)[C@@H]3CC4(CCNCC4)CN3)CC2)c1C. The predicted molar refractivity (Wildman–Crippen MR) is 101 cm³/mol. The third-order valence-electron chi connectivity index (χ3n) is 6.52. The highest BCUT2D eigenvalue weighted by Crippen LogP contribution is 2.37. The Labute approximate surface area is 155 Å². The largest absolute Gasteiger partial charge is 0.353 e. The Balaban J connectivity index is 1.35. The first-order valence-electron chi connectivity index (χ1n) is 9.84. The lowest BCUT2D eigenvalue weighted by Gasteiger charge is -2.37. The van der Waals surface area contributed by atoms with Crippen molar-refractivity contribution in [2.24, 2.45) is 5.41 Å². The van der Waals surface area contributed by atoms with Gasteiger partial charge in [-0.15, -0.1) is 0 Å². The summed E-state index contributed by atoms with van der Waals surface area (Å²) >= 11 is 0. The zero-order valence-electron chi connectivity index (χ0n) is 15.9. The monoisotopic (exact) mass is 358 g/mol. The average Bonchev–Trinajstić information content (AvgIpc) is 3.07. The van der Waals surface area contributed by atoms with Crippen LogP contribution in [0.4, 0.5) is 5.82 Å². The van der Waals surface area contributed by atoms with Crippen LogP contribution in [0.25, 0.3) is 0 Å². The zero-order chi connectivity index (χ0) is 18.1.